The molecule has 13 heavy (non-hydrogen) atoms. The summed E-state index contributed by atoms with van der Waals surface area (Å²) in [6.45, 7) is 0. The van der Waals surface area contributed by atoms with Crippen LogP contribution >= 0.6 is 0 Å². The molecule has 1 heterocycles. The molecule has 2 nitrogen and oxygen atoms in total. The highest BCUT2D eigenvalue weighted by Gasteiger charge is 2.13. The van der Waals surface area contributed by atoms with Gasteiger partial charge in [0.2, 0.25) is 0 Å². The van der Waals surface area contributed by atoms with E-state index in [9.17, 15) is 0 Å². The van der Waals surface area contributed by atoms with Gasteiger partial charge in [-0.2, -0.15) is 5.26 Å². The second-order valence-corrected chi connectivity index (χ2v) is 3.20. The van der Waals surface area contributed by atoms with Crippen molar-refractivity contribution in [2.75, 3.05) is 0 Å². The standard InChI is InChI=1S/C11H10N2/c12-6-5-11-7-9-3-1-2-4-10(9)8-13-11/h1-4,8,11H,5,7H2/t11-/m1/s1. The minimum Gasteiger partial charge on any atom is -0.288 e. The fourth-order valence-corrected chi connectivity index (χ4v) is 1.57. The van der Waals surface area contributed by atoms with Crippen LogP contribution in [0.1, 0.15) is 17.5 Å². The molecule has 0 bridgehead atoms. The third-order valence-corrected chi connectivity index (χ3v) is 2.26. The molecular weight excluding hydrogens is 160 g/mol. The second-order valence-electron chi connectivity index (χ2n) is 3.20. The van der Waals surface area contributed by atoms with Crippen LogP contribution < -0.4 is 0 Å². The maximum absolute atomic E-state index is 8.54. The van der Waals surface area contributed by atoms with E-state index in [1.807, 2.05) is 18.3 Å². The van der Waals surface area contributed by atoms with Gasteiger partial charge in [0.1, 0.15) is 0 Å². The zero-order valence-electron chi connectivity index (χ0n) is 7.27. The normalized spacial score (nSPS) is 19.2. The van der Waals surface area contributed by atoms with Crippen molar-refractivity contribution in [1.82, 2.24) is 0 Å². The average Bonchev–Trinajstić information content (AvgIpc) is 2.18. The van der Waals surface area contributed by atoms with E-state index in [0.717, 1.165) is 6.42 Å². The predicted octanol–water partition coefficient (Wildman–Crippen LogP) is 1.94. The summed E-state index contributed by atoms with van der Waals surface area (Å²) in [5.41, 5.74) is 2.49. The summed E-state index contributed by atoms with van der Waals surface area (Å²) in [6, 6.07) is 10.5. The summed E-state index contributed by atoms with van der Waals surface area (Å²) in [7, 11) is 0. The summed E-state index contributed by atoms with van der Waals surface area (Å²) in [6.07, 6.45) is 3.30. The summed E-state index contributed by atoms with van der Waals surface area (Å²) in [4.78, 5) is 4.31. The summed E-state index contributed by atoms with van der Waals surface area (Å²) in [5.74, 6) is 0. The van der Waals surface area contributed by atoms with Crippen LogP contribution in [0.15, 0.2) is 29.3 Å². The molecule has 1 aliphatic heterocycles. The number of nitriles is 1. The highest BCUT2D eigenvalue weighted by molar-refractivity contribution is 5.83. The van der Waals surface area contributed by atoms with Gasteiger partial charge in [0, 0.05) is 6.21 Å². The van der Waals surface area contributed by atoms with E-state index in [4.69, 9.17) is 5.26 Å². The number of aliphatic imine (C=N–C) groups is 1. The predicted molar refractivity (Wildman–Crippen MR) is 51.8 cm³/mol. The van der Waals surface area contributed by atoms with E-state index in [0.29, 0.717) is 6.42 Å². The minimum atomic E-state index is 0.167. The van der Waals surface area contributed by atoms with Crippen LogP contribution in [0.2, 0.25) is 0 Å². The van der Waals surface area contributed by atoms with Gasteiger partial charge in [-0.25, -0.2) is 0 Å². The summed E-state index contributed by atoms with van der Waals surface area (Å²) in [5, 5.41) is 8.54. The molecule has 0 saturated carbocycles. The van der Waals surface area contributed by atoms with Crippen LogP contribution in [0.4, 0.5) is 0 Å². The Morgan fingerprint density at radius 1 is 1.46 bits per heavy atom. The Morgan fingerprint density at radius 3 is 3.15 bits per heavy atom. The van der Waals surface area contributed by atoms with Gasteiger partial charge >= 0.3 is 0 Å². The first-order chi connectivity index (χ1) is 6.40. The Bertz CT molecular complexity index is 374. The van der Waals surface area contributed by atoms with Crippen LogP contribution in [-0.2, 0) is 6.42 Å². The number of fused-ring (bicyclic) bond motifs is 1. The lowest BCUT2D eigenvalue weighted by atomic mass is 9.97. The second kappa shape index (κ2) is 3.40. The highest BCUT2D eigenvalue weighted by Crippen LogP contribution is 2.17. The largest absolute Gasteiger partial charge is 0.288 e. The molecule has 1 aliphatic rings. The van der Waals surface area contributed by atoms with Crippen molar-refractivity contribution >= 4 is 6.21 Å². The van der Waals surface area contributed by atoms with Gasteiger partial charge < -0.3 is 0 Å². The molecule has 1 atom stereocenters. The lowest BCUT2D eigenvalue weighted by Crippen LogP contribution is -2.14. The first-order valence-electron chi connectivity index (χ1n) is 4.38. The van der Waals surface area contributed by atoms with Crippen LogP contribution in [0.5, 0.6) is 0 Å². The van der Waals surface area contributed by atoms with Crippen molar-refractivity contribution in [2.24, 2.45) is 4.99 Å². The van der Waals surface area contributed by atoms with Gasteiger partial charge in [0.15, 0.2) is 0 Å². The number of rotatable bonds is 1. The first-order valence-corrected chi connectivity index (χ1v) is 4.38. The van der Waals surface area contributed by atoms with Crippen molar-refractivity contribution in [3.8, 4) is 6.07 Å². The van der Waals surface area contributed by atoms with Crippen molar-refractivity contribution in [3.63, 3.8) is 0 Å². The fraction of sp³-hybridized carbons (Fsp3) is 0.273. The number of hydrogen-bond acceptors (Lipinski definition) is 2. The van der Waals surface area contributed by atoms with E-state index in [1.165, 1.54) is 11.1 Å². The SMILES string of the molecule is N#CC[C@@H]1Cc2ccccc2C=N1. The molecule has 0 aromatic heterocycles. The quantitative estimate of drug-likeness (QED) is 0.634. The first kappa shape index (κ1) is 8.00. The molecule has 0 spiro atoms. The van der Waals surface area contributed by atoms with Gasteiger partial charge in [-0.3, -0.25) is 4.99 Å². The van der Waals surface area contributed by atoms with Gasteiger partial charge in [-0.1, -0.05) is 24.3 Å². The summed E-state index contributed by atoms with van der Waals surface area (Å²) >= 11 is 0. The zero-order chi connectivity index (χ0) is 9.10. The highest BCUT2D eigenvalue weighted by atomic mass is 14.8. The number of nitrogens with zero attached hydrogens (tertiary/aromatic N) is 2. The Morgan fingerprint density at radius 2 is 2.31 bits per heavy atom. The van der Waals surface area contributed by atoms with E-state index < -0.39 is 0 Å². The molecule has 0 amide bonds. The average molecular weight is 170 g/mol. The maximum Gasteiger partial charge on any atom is 0.0670 e. The monoisotopic (exact) mass is 170 g/mol. The molecule has 2 heteroatoms. The van der Waals surface area contributed by atoms with E-state index >= 15 is 0 Å². The van der Waals surface area contributed by atoms with E-state index in [2.05, 4.69) is 23.2 Å². The lowest BCUT2D eigenvalue weighted by Gasteiger charge is -2.15. The van der Waals surface area contributed by atoms with E-state index in [-0.39, 0.29) is 6.04 Å². The molecule has 0 saturated heterocycles. The molecule has 0 N–H and O–H groups in total. The molecule has 0 aliphatic carbocycles. The van der Waals surface area contributed by atoms with Crippen LogP contribution in [0.3, 0.4) is 0 Å². The molecular formula is C11H10N2. The maximum atomic E-state index is 8.54. The Balaban J connectivity index is 2.25. The van der Waals surface area contributed by atoms with Crippen molar-refractivity contribution in [2.45, 2.75) is 18.9 Å². The minimum absolute atomic E-state index is 0.167. The van der Waals surface area contributed by atoms with Crippen LogP contribution in [0.25, 0.3) is 0 Å². The zero-order valence-corrected chi connectivity index (χ0v) is 7.27. The van der Waals surface area contributed by atoms with Gasteiger partial charge in [-0.05, 0) is 17.5 Å². The van der Waals surface area contributed by atoms with Crippen molar-refractivity contribution in [1.29, 1.82) is 5.26 Å². The van der Waals surface area contributed by atoms with Crippen LogP contribution in [-0.4, -0.2) is 12.3 Å². The lowest BCUT2D eigenvalue weighted by molar-refractivity contribution is 0.681. The van der Waals surface area contributed by atoms with Gasteiger partial charge in [0.05, 0.1) is 18.5 Å². The smallest absolute Gasteiger partial charge is 0.0670 e. The number of benzene rings is 1. The molecule has 0 unspecified atom stereocenters. The van der Waals surface area contributed by atoms with Gasteiger partial charge in [-0.15, -0.1) is 0 Å². The topological polar surface area (TPSA) is 36.1 Å². The number of hydrogen-bond donors (Lipinski definition) is 0. The molecule has 1 aromatic carbocycles. The molecule has 64 valence electrons. The molecule has 2 rings (SSSR count). The van der Waals surface area contributed by atoms with Crippen molar-refractivity contribution in [3.05, 3.63) is 35.4 Å². The Kier molecular flexibility index (Phi) is 2.09. The molecule has 0 fully saturated rings. The van der Waals surface area contributed by atoms with Crippen molar-refractivity contribution < 1.29 is 0 Å². The summed E-state index contributed by atoms with van der Waals surface area (Å²) < 4.78 is 0. The van der Waals surface area contributed by atoms with Gasteiger partial charge in [0.25, 0.3) is 0 Å². The molecule has 0 radical (unpaired) electrons. The molecule has 1 aromatic rings. The van der Waals surface area contributed by atoms with E-state index in [1.54, 1.807) is 0 Å². The van der Waals surface area contributed by atoms with Crippen LogP contribution in [0, 0.1) is 11.3 Å². The Labute approximate surface area is 77.5 Å². The third kappa shape index (κ3) is 1.59. The fourth-order valence-electron chi connectivity index (χ4n) is 1.57. The Hall–Kier alpha value is -1.62. The third-order valence-electron chi connectivity index (χ3n) is 2.26.